The lowest BCUT2D eigenvalue weighted by Gasteiger charge is -2.17. The van der Waals surface area contributed by atoms with E-state index in [1.807, 2.05) is 61.5 Å². The molecule has 0 aliphatic rings. The van der Waals surface area contributed by atoms with Crippen LogP contribution in [0.15, 0.2) is 72.1 Å². The summed E-state index contributed by atoms with van der Waals surface area (Å²) < 4.78 is 5.37. The van der Waals surface area contributed by atoms with Gasteiger partial charge in [0.1, 0.15) is 6.04 Å². The number of hydrogen-bond donors (Lipinski definition) is 2. The van der Waals surface area contributed by atoms with E-state index in [0.717, 1.165) is 22.2 Å². The topological polar surface area (TPSA) is 88.3 Å². The van der Waals surface area contributed by atoms with Crippen LogP contribution in [0.3, 0.4) is 0 Å². The van der Waals surface area contributed by atoms with Gasteiger partial charge in [-0.15, -0.1) is 11.3 Å². The molecule has 1 atom stereocenters. The SMILES string of the molecule is Cc1[nH]c2ccccc2c1C(=O)COC(=O)C(Cc1ccccc1)NC(=O)c1cccs1. The number of carbonyl (C=O) groups is 3. The van der Waals surface area contributed by atoms with Gasteiger partial charge in [-0.3, -0.25) is 9.59 Å². The summed E-state index contributed by atoms with van der Waals surface area (Å²) in [6, 6.07) is 19.4. The number of rotatable bonds is 8. The van der Waals surface area contributed by atoms with Gasteiger partial charge in [0.25, 0.3) is 5.91 Å². The minimum atomic E-state index is -0.913. The van der Waals surface area contributed by atoms with Crippen molar-refractivity contribution < 1.29 is 19.1 Å². The van der Waals surface area contributed by atoms with Gasteiger partial charge < -0.3 is 15.0 Å². The van der Waals surface area contributed by atoms with E-state index in [1.54, 1.807) is 17.5 Å². The van der Waals surface area contributed by atoms with Gasteiger partial charge in [0.05, 0.1) is 4.88 Å². The molecule has 6 nitrogen and oxygen atoms in total. The molecule has 2 heterocycles. The molecule has 0 saturated carbocycles. The van der Waals surface area contributed by atoms with Gasteiger partial charge in [0, 0.05) is 28.6 Å². The zero-order valence-electron chi connectivity index (χ0n) is 17.5. The van der Waals surface area contributed by atoms with Gasteiger partial charge in [-0.25, -0.2) is 4.79 Å². The first-order chi connectivity index (χ1) is 15.5. The molecule has 0 fully saturated rings. The molecule has 7 heteroatoms. The standard InChI is InChI=1S/C25H22N2O4S/c1-16-23(18-10-5-6-11-19(18)26-16)21(28)15-31-25(30)20(14-17-8-3-2-4-9-17)27-24(29)22-12-7-13-32-22/h2-13,20,26H,14-15H2,1H3,(H,27,29). The summed E-state index contributed by atoms with van der Waals surface area (Å²) in [4.78, 5) is 42.0. The summed E-state index contributed by atoms with van der Waals surface area (Å²) in [6.07, 6.45) is 0.261. The van der Waals surface area contributed by atoms with Crippen molar-refractivity contribution in [3.05, 3.63) is 93.8 Å². The smallest absolute Gasteiger partial charge is 0.329 e. The molecule has 0 bridgehead atoms. The van der Waals surface area contributed by atoms with Crippen LogP contribution in [0.2, 0.25) is 0 Å². The van der Waals surface area contributed by atoms with Crippen LogP contribution in [0, 0.1) is 6.92 Å². The molecule has 4 aromatic rings. The average molecular weight is 447 g/mol. The maximum atomic E-state index is 12.9. The number of hydrogen-bond acceptors (Lipinski definition) is 5. The highest BCUT2D eigenvalue weighted by atomic mass is 32.1. The second-order valence-corrected chi connectivity index (χ2v) is 8.34. The van der Waals surface area contributed by atoms with Gasteiger partial charge in [-0.1, -0.05) is 54.6 Å². The van der Waals surface area contributed by atoms with E-state index in [-0.39, 0.29) is 18.1 Å². The van der Waals surface area contributed by atoms with Gasteiger partial charge in [-0.2, -0.15) is 0 Å². The lowest BCUT2D eigenvalue weighted by Crippen LogP contribution is -2.43. The van der Waals surface area contributed by atoms with Crippen LogP contribution in [-0.2, 0) is 16.0 Å². The second kappa shape index (κ2) is 9.62. The van der Waals surface area contributed by atoms with Crippen LogP contribution in [0.1, 0.15) is 31.3 Å². The Morgan fingerprint density at radius 3 is 2.50 bits per heavy atom. The Balaban J connectivity index is 1.48. The summed E-state index contributed by atoms with van der Waals surface area (Å²) in [6.45, 7) is 1.41. The van der Waals surface area contributed by atoms with E-state index in [2.05, 4.69) is 10.3 Å². The van der Waals surface area contributed by atoms with E-state index in [1.165, 1.54) is 11.3 Å². The number of aromatic amines is 1. The van der Waals surface area contributed by atoms with E-state index < -0.39 is 18.6 Å². The van der Waals surface area contributed by atoms with Crippen LogP contribution < -0.4 is 5.32 Å². The number of benzene rings is 2. The molecule has 0 aliphatic heterocycles. The highest BCUT2D eigenvalue weighted by Crippen LogP contribution is 2.22. The molecule has 2 aromatic carbocycles. The molecule has 2 aromatic heterocycles. The van der Waals surface area contributed by atoms with Crippen molar-refractivity contribution in [2.45, 2.75) is 19.4 Å². The zero-order chi connectivity index (χ0) is 22.5. The maximum Gasteiger partial charge on any atom is 0.329 e. The Labute approximate surface area is 189 Å². The first-order valence-electron chi connectivity index (χ1n) is 10.2. The number of carbonyl (C=O) groups excluding carboxylic acids is 3. The fraction of sp³-hybridized carbons (Fsp3) is 0.160. The number of Topliss-reactive ketones (excluding diaryl/α,β-unsaturated/α-hetero) is 1. The predicted molar refractivity (Wildman–Crippen MR) is 124 cm³/mol. The first-order valence-corrected chi connectivity index (χ1v) is 11.1. The van der Waals surface area contributed by atoms with Crippen LogP contribution in [0.4, 0.5) is 0 Å². The van der Waals surface area contributed by atoms with Gasteiger partial charge in [-0.05, 0) is 30.0 Å². The van der Waals surface area contributed by atoms with Crippen molar-refractivity contribution in [3.63, 3.8) is 0 Å². The Hall–Kier alpha value is -3.71. The third-order valence-electron chi connectivity index (χ3n) is 5.14. The molecule has 0 aliphatic carbocycles. The molecule has 162 valence electrons. The van der Waals surface area contributed by atoms with Crippen LogP contribution in [-0.4, -0.2) is 35.3 Å². The van der Waals surface area contributed by atoms with Gasteiger partial charge in [0.2, 0.25) is 5.78 Å². The predicted octanol–water partition coefficient (Wildman–Crippen LogP) is 4.31. The number of amides is 1. The number of H-pyrrole nitrogens is 1. The molecule has 0 saturated heterocycles. The Morgan fingerprint density at radius 2 is 1.75 bits per heavy atom. The molecule has 0 spiro atoms. The zero-order valence-corrected chi connectivity index (χ0v) is 18.3. The van der Waals surface area contributed by atoms with Gasteiger partial charge >= 0.3 is 5.97 Å². The molecule has 1 unspecified atom stereocenters. The molecular weight excluding hydrogens is 424 g/mol. The number of aryl methyl sites for hydroxylation is 1. The fourth-order valence-electron chi connectivity index (χ4n) is 3.63. The highest BCUT2D eigenvalue weighted by molar-refractivity contribution is 7.12. The lowest BCUT2D eigenvalue weighted by atomic mass is 10.1. The molecular formula is C25H22N2O4S. The van der Waals surface area contributed by atoms with E-state index in [9.17, 15) is 14.4 Å². The van der Waals surface area contributed by atoms with Crippen molar-refractivity contribution in [1.29, 1.82) is 0 Å². The summed E-state index contributed by atoms with van der Waals surface area (Å²) >= 11 is 1.29. The number of thiophene rings is 1. The number of ether oxygens (including phenoxy) is 1. The number of fused-ring (bicyclic) bond motifs is 1. The van der Waals surface area contributed by atoms with E-state index in [4.69, 9.17) is 4.74 Å². The summed E-state index contributed by atoms with van der Waals surface area (Å²) in [7, 11) is 0. The van der Waals surface area contributed by atoms with Crippen LogP contribution in [0.5, 0.6) is 0 Å². The monoisotopic (exact) mass is 446 g/mol. The highest BCUT2D eigenvalue weighted by Gasteiger charge is 2.25. The minimum absolute atomic E-state index is 0.261. The normalized spacial score (nSPS) is 11.8. The summed E-state index contributed by atoms with van der Waals surface area (Å²) in [5.41, 5.74) is 2.96. The van der Waals surface area contributed by atoms with E-state index >= 15 is 0 Å². The van der Waals surface area contributed by atoms with E-state index in [0.29, 0.717) is 10.4 Å². The fourth-order valence-corrected chi connectivity index (χ4v) is 4.25. The molecule has 0 radical (unpaired) electrons. The quantitative estimate of drug-likeness (QED) is 0.312. The maximum absolute atomic E-state index is 12.9. The largest absolute Gasteiger partial charge is 0.456 e. The minimum Gasteiger partial charge on any atom is -0.456 e. The number of aromatic nitrogens is 1. The third kappa shape index (κ3) is 4.78. The van der Waals surface area contributed by atoms with Crippen molar-refractivity contribution in [2.24, 2.45) is 0 Å². The number of para-hydroxylation sites is 1. The molecule has 32 heavy (non-hydrogen) atoms. The average Bonchev–Trinajstić information content (AvgIpc) is 3.45. The Morgan fingerprint density at radius 1 is 1.00 bits per heavy atom. The van der Waals surface area contributed by atoms with Gasteiger partial charge in [0.15, 0.2) is 6.61 Å². The number of esters is 1. The van der Waals surface area contributed by atoms with Crippen molar-refractivity contribution in [2.75, 3.05) is 6.61 Å². The van der Waals surface area contributed by atoms with Crippen molar-refractivity contribution in [1.82, 2.24) is 10.3 Å². The Kier molecular flexibility index (Phi) is 6.47. The molecule has 1 amide bonds. The lowest BCUT2D eigenvalue weighted by molar-refractivity contribution is -0.144. The van der Waals surface area contributed by atoms with Crippen molar-refractivity contribution in [3.8, 4) is 0 Å². The third-order valence-corrected chi connectivity index (χ3v) is 6.00. The first kappa shape index (κ1) is 21.5. The summed E-state index contributed by atoms with van der Waals surface area (Å²) in [5, 5.41) is 5.33. The van der Waals surface area contributed by atoms with Crippen molar-refractivity contribution >= 4 is 39.9 Å². The second-order valence-electron chi connectivity index (χ2n) is 7.39. The molecule has 2 N–H and O–H groups in total. The Bertz CT molecular complexity index is 1250. The van der Waals surface area contributed by atoms with Crippen LogP contribution in [0.25, 0.3) is 10.9 Å². The summed E-state index contributed by atoms with van der Waals surface area (Å²) in [5.74, 6) is -1.29. The van der Waals surface area contributed by atoms with Crippen LogP contribution >= 0.6 is 11.3 Å². The number of ketones is 1. The molecule has 4 rings (SSSR count). The number of nitrogens with one attached hydrogen (secondary N) is 2.